The first-order valence-corrected chi connectivity index (χ1v) is 7.62. The lowest BCUT2D eigenvalue weighted by molar-refractivity contribution is 0.177. The van der Waals surface area contributed by atoms with E-state index in [-0.39, 0.29) is 0 Å². The van der Waals surface area contributed by atoms with Gasteiger partial charge in [0.1, 0.15) is 0 Å². The number of nitrogens with one attached hydrogen (secondary N) is 1. The standard InChI is InChI=1S/C15H23BrN2/c1-11(2)18-8-6-14(7-9-18)17-15-5-4-13(16)10-12(15)3/h4-5,10-11,14,17H,6-9H2,1-3H3. The van der Waals surface area contributed by atoms with Crippen molar-refractivity contribution < 1.29 is 0 Å². The first-order valence-electron chi connectivity index (χ1n) is 6.83. The number of likely N-dealkylation sites (tertiary alicyclic amines) is 1. The molecule has 0 aromatic heterocycles. The SMILES string of the molecule is Cc1cc(Br)ccc1NC1CCN(C(C)C)CC1. The number of aryl methyl sites for hydroxylation is 1. The number of hydrogen-bond donors (Lipinski definition) is 1. The second-order valence-electron chi connectivity index (χ2n) is 5.51. The van der Waals surface area contributed by atoms with E-state index in [0.29, 0.717) is 12.1 Å². The fourth-order valence-corrected chi connectivity index (χ4v) is 3.04. The third kappa shape index (κ3) is 3.48. The smallest absolute Gasteiger partial charge is 0.0372 e. The molecule has 2 nitrogen and oxygen atoms in total. The Kier molecular flexibility index (Phi) is 4.68. The van der Waals surface area contributed by atoms with Crippen molar-refractivity contribution in [3.63, 3.8) is 0 Å². The second-order valence-corrected chi connectivity index (χ2v) is 6.42. The Bertz CT molecular complexity index is 395. The van der Waals surface area contributed by atoms with Gasteiger partial charge in [-0.25, -0.2) is 0 Å². The summed E-state index contributed by atoms with van der Waals surface area (Å²) in [6.07, 6.45) is 2.49. The van der Waals surface area contributed by atoms with E-state index in [1.165, 1.54) is 37.2 Å². The lowest BCUT2D eigenvalue weighted by Crippen LogP contribution is -2.42. The van der Waals surface area contributed by atoms with Gasteiger partial charge in [-0.2, -0.15) is 0 Å². The number of benzene rings is 1. The predicted molar refractivity (Wildman–Crippen MR) is 82.2 cm³/mol. The molecule has 1 aromatic rings. The number of nitrogens with zero attached hydrogens (tertiary/aromatic N) is 1. The summed E-state index contributed by atoms with van der Waals surface area (Å²) in [7, 11) is 0. The van der Waals surface area contributed by atoms with Crippen molar-refractivity contribution in [1.82, 2.24) is 4.90 Å². The quantitative estimate of drug-likeness (QED) is 0.906. The van der Waals surface area contributed by atoms with Gasteiger partial charge in [0.2, 0.25) is 0 Å². The van der Waals surface area contributed by atoms with E-state index >= 15 is 0 Å². The van der Waals surface area contributed by atoms with Crippen LogP contribution < -0.4 is 5.32 Å². The van der Waals surface area contributed by atoms with Crippen molar-refractivity contribution in [3.05, 3.63) is 28.2 Å². The Morgan fingerprint density at radius 3 is 2.50 bits per heavy atom. The van der Waals surface area contributed by atoms with Gasteiger partial charge in [0, 0.05) is 35.3 Å². The third-order valence-electron chi connectivity index (χ3n) is 3.81. The Hall–Kier alpha value is -0.540. The van der Waals surface area contributed by atoms with Crippen molar-refractivity contribution in [2.45, 2.75) is 45.7 Å². The van der Waals surface area contributed by atoms with Crippen molar-refractivity contribution >= 4 is 21.6 Å². The topological polar surface area (TPSA) is 15.3 Å². The molecule has 0 bridgehead atoms. The zero-order valence-corrected chi connectivity index (χ0v) is 13.1. The maximum absolute atomic E-state index is 3.69. The monoisotopic (exact) mass is 310 g/mol. The van der Waals surface area contributed by atoms with E-state index in [1.54, 1.807) is 0 Å². The molecule has 0 unspecified atom stereocenters. The molecule has 0 saturated carbocycles. The molecule has 0 amide bonds. The molecule has 100 valence electrons. The van der Waals surface area contributed by atoms with Gasteiger partial charge in [-0.1, -0.05) is 15.9 Å². The van der Waals surface area contributed by atoms with Crippen LogP contribution in [0.2, 0.25) is 0 Å². The Morgan fingerprint density at radius 1 is 1.28 bits per heavy atom. The summed E-state index contributed by atoms with van der Waals surface area (Å²) in [6.45, 7) is 9.16. The van der Waals surface area contributed by atoms with Gasteiger partial charge in [-0.3, -0.25) is 0 Å². The summed E-state index contributed by atoms with van der Waals surface area (Å²) < 4.78 is 1.15. The summed E-state index contributed by atoms with van der Waals surface area (Å²) in [5.74, 6) is 0. The van der Waals surface area contributed by atoms with Crippen molar-refractivity contribution in [2.24, 2.45) is 0 Å². The van der Waals surface area contributed by atoms with Crippen LogP contribution in [-0.2, 0) is 0 Å². The van der Waals surface area contributed by atoms with Crippen LogP contribution in [0.1, 0.15) is 32.3 Å². The first kappa shape index (κ1) is 13.9. The Balaban J connectivity index is 1.91. The second kappa shape index (κ2) is 6.07. The fourth-order valence-electron chi connectivity index (χ4n) is 2.57. The maximum atomic E-state index is 3.69. The van der Waals surface area contributed by atoms with Crippen LogP contribution in [0.4, 0.5) is 5.69 Å². The van der Waals surface area contributed by atoms with Crippen molar-refractivity contribution in [3.8, 4) is 0 Å². The van der Waals surface area contributed by atoms with Crippen LogP contribution in [0.5, 0.6) is 0 Å². The number of halogens is 1. The molecule has 1 aliphatic heterocycles. The molecular formula is C15H23BrN2. The molecule has 0 aliphatic carbocycles. The summed E-state index contributed by atoms with van der Waals surface area (Å²) in [6, 6.07) is 7.76. The highest BCUT2D eigenvalue weighted by Crippen LogP contribution is 2.23. The molecule has 0 radical (unpaired) electrons. The molecule has 1 N–H and O–H groups in total. The molecule has 0 spiro atoms. The highest BCUT2D eigenvalue weighted by molar-refractivity contribution is 9.10. The van der Waals surface area contributed by atoms with Crippen LogP contribution in [0.3, 0.4) is 0 Å². The van der Waals surface area contributed by atoms with E-state index in [9.17, 15) is 0 Å². The lowest BCUT2D eigenvalue weighted by Gasteiger charge is -2.35. The highest BCUT2D eigenvalue weighted by Gasteiger charge is 2.20. The summed E-state index contributed by atoms with van der Waals surface area (Å²) in [4.78, 5) is 2.56. The summed E-state index contributed by atoms with van der Waals surface area (Å²) >= 11 is 3.51. The zero-order valence-electron chi connectivity index (χ0n) is 11.5. The van der Waals surface area contributed by atoms with Gasteiger partial charge in [-0.15, -0.1) is 0 Å². The normalized spacial score (nSPS) is 18.3. The first-order chi connectivity index (χ1) is 8.56. The number of rotatable bonds is 3. The van der Waals surface area contributed by atoms with E-state index in [4.69, 9.17) is 0 Å². The minimum Gasteiger partial charge on any atom is -0.382 e. The number of hydrogen-bond acceptors (Lipinski definition) is 2. The van der Waals surface area contributed by atoms with E-state index in [1.807, 2.05) is 0 Å². The van der Waals surface area contributed by atoms with Crippen LogP contribution in [0.25, 0.3) is 0 Å². The molecule has 1 aliphatic rings. The number of piperidine rings is 1. The molecule has 3 heteroatoms. The molecule has 1 heterocycles. The van der Waals surface area contributed by atoms with Crippen LogP contribution in [0.15, 0.2) is 22.7 Å². The van der Waals surface area contributed by atoms with Crippen molar-refractivity contribution in [2.75, 3.05) is 18.4 Å². The Morgan fingerprint density at radius 2 is 1.94 bits per heavy atom. The molecule has 2 rings (SSSR count). The molecular weight excluding hydrogens is 288 g/mol. The van der Waals surface area contributed by atoms with E-state index < -0.39 is 0 Å². The lowest BCUT2D eigenvalue weighted by atomic mass is 10.0. The molecule has 1 saturated heterocycles. The molecule has 0 atom stereocenters. The summed E-state index contributed by atoms with van der Waals surface area (Å²) in [5.41, 5.74) is 2.59. The van der Waals surface area contributed by atoms with Crippen molar-refractivity contribution in [1.29, 1.82) is 0 Å². The van der Waals surface area contributed by atoms with Crippen LogP contribution in [-0.4, -0.2) is 30.1 Å². The third-order valence-corrected chi connectivity index (χ3v) is 4.30. The average Bonchev–Trinajstić information content (AvgIpc) is 2.33. The van der Waals surface area contributed by atoms with Gasteiger partial charge >= 0.3 is 0 Å². The fraction of sp³-hybridized carbons (Fsp3) is 0.600. The largest absolute Gasteiger partial charge is 0.382 e. The average molecular weight is 311 g/mol. The van der Waals surface area contributed by atoms with Gasteiger partial charge in [0.25, 0.3) is 0 Å². The number of anilines is 1. The van der Waals surface area contributed by atoms with E-state index in [0.717, 1.165) is 4.47 Å². The molecule has 18 heavy (non-hydrogen) atoms. The maximum Gasteiger partial charge on any atom is 0.0372 e. The van der Waals surface area contributed by atoms with Gasteiger partial charge < -0.3 is 10.2 Å². The predicted octanol–water partition coefficient (Wildman–Crippen LogP) is 4.04. The van der Waals surface area contributed by atoms with Gasteiger partial charge in [0.05, 0.1) is 0 Å². The van der Waals surface area contributed by atoms with Gasteiger partial charge in [0.15, 0.2) is 0 Å². The van der Waals surface area contributed by atoms with Gasteiger partial charge in [-0.05, 0) is 57.4 Å². The molecule has 1 fully saturated rings. The van der Waals surface area contributed by atoms with E-state index in [2.05, 4.69) is 65.1 Å². The summed E-state index contributed by atoms with van der Waals surface area (Å²) in [5, 5.41) is 3.69. The highest BCUT2D eigenvalue weighted by atomic mass is 79.9. The Labute approximate surface area is 119 Å². The molecule has 1 aromatic carbocycles. The van der Waals surface area contributed by atoms with Crippen LogP contribution >= 0.6 is 15.9 Å². The van der Waals surface area contributed by atoms with Crippen LogP contribution in [0, 0.1) is 6.92 Å². The minimum atomic E-state index is 0.625. The minimum absolute atomic E-state index is 0.625. The zero-order chi connectivity index (χ0) is 13.1.